The average molecular weight is 505 g/mol. The van der Waals surface area contributed by atoms with Crippen molar-refractivity contribution in [3.63, 3.8) is 0 Å². The Morgan fingerprint density at radius 3 is 2.37 bits per heavy atom. The summed E-state index contributed by atoms with van der Waals surface area (Å²) in [4.78, 5) is 41.2. The number of hydrogen-bond donors (Lipinski definition) is 1. The summed E-state index contributed by atoms with van der Waals surface area (Å²) < 4.78 is 0. The third-order valence-electron chi connectivity index (χ3n) is 7.79. The van der Waals surface area contributed by atoms with Gasteiger partial charge in [-0.15, -0.1) is 0 Å². The molecule has 3 fully saturated rings. The molecule has 0 radical (unpaired) electrons. The van der Waals surface area contributed by atoms with Crippen LogP contribution in [-0.4, -0.2) is 17.7 Å². The fourth-order valence-corrected chi connectivity index (χ4v) is 6.66. The maximum absolute atomic E-state index is 13.6. The van der Waals surface area contributed by atoms with Gasteiger partial charge in [0.05, 0.1) is 27.6 Å². The summed E-state index contributed by atoms with van der Waals surface area (Å²) in [6, 6.07) is 21.8. The van der Waals surface area contributed by atoms with Gasteiger partial charge >= 0.3 is 0 Å². The molecule has 7 heteroatoms. The van der Waals surface area contributed by atoms with Crippen LogP contribution in [0.5, 0.6) is 0 Å². The highest BCUT2D eigenvalue weighted by atomic mass is 35.5. The third-order valence-corrected chi connectivity index (χ3v) is 8.53. The van der Waals surface area contributed by atoms with E-state index in [1.165, 1.54) is 10.5 Å². The van der Waals surface area contributed by atoms with Gasteiger partial charge in [-0.1, -0.05) is 59.6 Å². The molecule has 5 atom stereocenters. The zero-order valence-electron chi connectivity index (χ0n) is 18.7. The Kier molecular flexibility index (Phi) is 5.42. The van der Waals surface area contributed by atoms with Crippen molar-refractivity contribution in [1.29, 1.82) is 0 Å². The number of hydrogen-bond acceptors (Lipinski definition) is 3. The molecule has 6 rings (SSSR count). The first kappa shape index (κ1) is 22.3. The molecule has 2 aliphatic carbocycles. The van der Waals surface area contributed by atoms with Gasteiger partial charge in [-0.3, -0.25) is 19.3 Å². The van der Waals surface area contributed by atoms with Gasteiger partial charge < -0.3 is 5.32 Å². The summed E-state index contributed by atoms with van der Waals surface area (Å²) in [6.45, 7) is 0. The molecule has 3 amide bonds. The number of imide groups is 1. The lowest BCUT2D eigenvalue weighted by atomic mass is 9.73. The highest BCUT2D eigenvalue weighted by Crippen LogP contribution is 2.61. The number of amides is 3. The number of fused-ring (bicyclic) bond motifs is 5. The molecule has 3 aromatic rings. The van der Waals surface area contributed by atoms with Crippen LogP contribution in [-0.2, 0) is 9.59 Å². The van der Waals surface area contributed by atoms with Crippen molar-refractivity contribution in [2.24, 2.45) is 23.7 Å². The second-order valence-electron chi connectivity index (χ2n) is 9.61. The molecule has 2 saturated carbocycles. The lowest BCUT2D eigenvalue weighted by Crippen LogP contribution is -2.33. The van der Waals surface area contributed by atoms with Crippen LogP contribution < -0.4 is 10.2 Å². The molecule has 1 saturated heterocycles. The maximum Gasteiger partial charge on any atom is 0.255 e. The normalized spacial score (nSPS) is 26.8. The summed E-state index contributed by atoms with van der Waals surface area (Å²) >= 11 is 12.0. The van der Waals surface area contributed by atoms with Crippen molar-refractivity contribution in [3.05, 3.63) is 94.0 Å². The summed E-state index contributed by atoms with van der Waals surface area (Å²) in [5, 5.41) is 3.51. The zero-order chi connectivity index (χ0) is 24.3. The Morgan fingerprint density at radius 2 is 1.60 bits per heavy atom. The topological polar surface area (TPSA) is 66.5 Å². The zero-order valence-corrected chi connectivity index (χ0v) is 20.2. The molecule has 1 N–H and O–H groups in total. The summed E-state index contributed by atoms with van der Waals surface area (Å²) in [6.07, 6.45) is 1.86. The van der Waals surface area contributed by atoms with Gasteiger partial charge in [0.2, 0.25) is 11.8 Å². The van der Waals surface area contributed by atoms with Crippen LogP contribution in [0.3, 0.4) is 0 Å². The molecule has 1 heterocycles. The second kappa shape index (κ2) is 8.51. The van der Waals surface area contributed by atoms with Gasteiger partial charge in [0, 0.05) is 11.3 Å². The Bertz CT molecular complexity index is 1360. The number of benzene rings is 3. The number of nitrogens with zero attached hydrogens (tertiary/aromatic N) is 1. The lowest BCUT2D eigenvalue weighted by molar-refractivity contribution is -0.123. The molecule has 0 aromatic heterocycles. The van der Waals surface area contributed by atoms with Crippen LogP contribution in [0, 0.1) is 23.7 Å². The number of carbonyl (C=O) groups is 3. The first-order chi connectivity index (χ1) is 16.9. The van der Waals surface area contributed by atoms with Gasteiger partial charge in [-0.25, -0.2) is 0 Å². The maximum atomic E-state index is 13.6. The van der Waals surface area contributed by atoms with E-state index in [4.69, 9.17) is 23.2 Å². The summed E-state index contributed by atoms with van der Waals surface area (Å²) in [5.41, 5.74) is 2.53. The van der Waals surface area contributed by atoms with Gasteiger partial charge in [0.1, 0.15) is 0 Å². The molecule has 5 nitrogen and oxygen atoms in total. The molecule has 2 bridgehead atoms. The molecule has 0 unspecified atom stereocenters. The molecular formula is C28H22Cl2N2O3. The van der Waals surface area contributed by atoms with Crippen LogP contribution in [0.1, 0.15) is 34.7 Å². The fourth-order valence-electron chi connectivity index (χ4n) is 6.36. The molecule has 0 spiro atoms. The van der Waals surface area contributed by atoms with E-state index in [0.717, 1.165) is 12.8 Å². The van der Waals surface area contributed by atoms with Crippen molar-refractivity contribution in [3.8, 4) is 0 Å². The minimum atomic E-state index is -0.367. The lowest BCUT2D eigenvalue weighted by Gasteiger charge is -2.28. The third kappa shape index (κ3) is 3.65. The van der Waals surface area contributed by atoms with E-state index < -0.39 is 0 Å². The van der Waals surface area contributed by atoms with Crippen molar-refractivity contribution >= 4 is 52.3 Å². The van der Waals surface area contributed by atoms with Crippen LogP contribution in [0.4, 0.5) is 11.4 Å². The van der Waals surface area contributed by atoms with E-state index >= 15 is 0 Å². The first-order valence-electron chi connectivity index (χ1n) is 11.7. The van der Waals surface area contributed by atoms with Crippen molar-refractivity contribution in [2.45, 2.75) is 18.8 Å². The Morgan fingerprint density at radius 1 is 0.829 bits per heavy atom. The SMILES string of the molecule is O=C(Nc1ccc(Cl)c(Cl)c1)c1cccc(N2C(=O)[C@H]3[C@@H]4C[C@@H]([C@@H]3C2=O)[C@H](c2ccccc2)C4)c1. The summed E-state index contributed by atoms with van der Waals surface area (Å²) in [5.74, 6) is -0.499. The minimum Gasteiger partial charge on any atom is -0.322 e. The molecule has 1 aliphatic heterocycles. The number of halogens is 2. The van der Waals surface area contributed by atoms with Crippen LogP contribution in [0.2, 0.25) is 10.0 Å². The Labute approximate surface area is 213 Å². The number of nitrogens with one attached hydrogen (secondary N) is 1. The van der Waals surface area contributed by atoms with E-state index in [2.05, 4.69) is 17.4 Å². The standard InChI is InChI=1S/C28H22Cl2N2O3/c29-22-10-9-18(14-23(22)30)31-26(33)16-7-4-8-19(11-16)32-27(34)24-17-12-20(15-5-2-1-3-6-15)21(13-17)25(24)28(32)35/h1-11,14,17,20-21,24-25H,12-13H2,(H,31,33)/t17-,20-,21+,24-,25-/m0/s1. The molecule has 35 heavy (non-hydrogen) atoms. The van der Waals surface area contributed by atoms with Crippen molar-refractivity contribution in [2.75, 3.05) is 10.2 Å². The minimum absolute atomic E-state index is 0.138. The quantitative estimate of drug-likeness (QED) is 0.431. The van der Waals surface area contributed by atoms with E-state index in [-0.39, 0.29) is 41.4 Å². The predicted octanol–water partition coefficient (Wildman–Crippen LogP) is 6.17. The fraction of sp³-hybridized carbons (Fsp3) is 0.250. The van der Waals surface area contributed by atoms with Crippen molar-refractivity contribution < 1.29 is 14.4 Å². The van der Waals surface area contributed by atoms with Crippen LogP contribution >= 0.6 is 23.2 Å². The average Bonchev–Trinajstić information content (AvgIpc) is 3.53. The van der Waals surface area contributed by atoms with E-state index in [1.807, 2.05) is 18.2 Å². The summed E-state index contributed by atoms with van der Waals surface area (Å²) in [7, 11) is 0. The molecule has 176 valence electrons. The first-order valence-corrected chi connectivity index (χ1v) is 12.5. The number of anilines is 2. The van der Waals surface area contributed by atoms with Gasteiger partial charge in [0.25, 0.3) is 5.91 Å². The van der Waals surface area contributed by atoms with Gasteiger partial charge in [-0.05, 0) is 72.6 Å². The molecular weight excluding hydrogens is 483 g/mol. The smallest absolute Gasteiger partial charge is 0.255 e. The largest absolute Gasteiger partial charge is 0.322 e. The predicted molar refractivity (Wildman–Crippen MR) is 136 cm³/mol. The molecule has 3 aliphatic rings. The Hall–Kier alpha value is -3.15. The second-order valence-corrected chi connectivity index (χ2v) is 10.4. The van der Waals surface area contributed by atoms with Crippen molar-refractivity contribution in [1.82, 2.24) is 0 Å². The van der Waals surface area contributed by atoms with E-state index in [0.29, 0.717) is 32.9 Å². The number of carbonyl (C=O) groups excluding carboxylic acids is 3. The van der Waals surface area contributed by atoms with Crippen LogP contribution in [0.15, 0.2) is 72.8 Å². The highest BCUT2D eigenvalue weighted by Gasteiger charge is 2.64. The highest BCUT2D eigenvalue weighted by molar-refractivity contribution is 6.42. The van der Waals surface area contributed by atoms with E-state index in [1.54, 1.807) is 42.5 Å². The van der Waals surface area contributed by atoms with E-state index in [9.17, 15) is 14.4 Å². The van der Waals surface area contributed by atoms with Crippen LogP contribution in [0.25, 0.3) is 0 Å². The van der Waals surface area contributed by atoms with Gasteiger partial charge in [-0.2, -0.15) is 0 Å². The monoisotopic (exact) mass is 504 g/mol. The number of rotatable bonds is 4. The Balaban J connectivity index is 1.25. The van der Waals surface area contributed by atoms with Gasteiger partial charge in [0.15, 0.2) is 0 Å². The molecule has 3 aromatic carbocycles.